The summed E-state index contributed by atoms with van der Waals surface area (Å²) in [5, 5.41) is 9.19. The van der Waals surface area contributed by atoms with E-state index in [1.165, 1.54) is 32.1 Å². The second-order valence-electron chi connectivity index (χ2n) is 6.78. The first-order chi connectivity index (χ1) is 12.4. The number of hydrogen-bond acceptors (Lipinski definition) is 5. The Labute approximate surface area is 158 Å². The first-order valence-corrected chi connectivity index (χ1v) is 9.76. The van der Waals surface area contributed by atoms with Crippen LogP contribution in [0.25, 0.3) is 0 Å². The van der Waals surface area contributed by atoms with Crippen molar-refractivity contribution in [2.45, 2.75) is 84.2 Å². The van der Waals surface area contributed by atoms with Gasteiger partial charge in [-0.25, -0.2) is 9.59 Å². The number of carbonyl (C=O) groups is 2. The lowest BCUT2D eigenvalue weighted by molar-refractivity contribution is -0.142. The van der Waals surface area contributed by atoms with E-state index >= 15 is 0 Å². The summed E-state index contributed by atoms with van der Waals surface area (Å²) in [6.07, 6.45) is 9.70. The largest absolute Gasteiger partial charge is 0.462 e. The summed E-state index contributed by atoms with van der Waals surface area (Å²) in [5.41, 5.74) is 0.382. The van der Waals surface area contributed by atoms with Crippen molar-refractivity contribution in [3.63, 3.8) is 0 Å². The molecule has 150 valence electrons. The Bertz CT molecular complexity index is 440. The van der Waals surface area contributed by atoms with E-state index in [-0.39, 0.29) is 17.8 Å². The minimum Gasteiger partial charge on any atom is -0.462 e. The van der Waals surface area contributed by atoms with Crippen molar-refractivity contribution in [2.75, 3.05) is 13.2 Å². The highest BCUT2D eigenvalue weighted by molar-refractivity contribution is 5.90. The molecule has 0 rings (SSSR count). The normalized spacial score (nSPS) is 11.7. The summed E-state index contributed by atoms with van der Waals surface area (Å²) in [6, 6.07) is 0. The van der Waals surface area contributed by atoms with Gasteiger partial charge in [-0.05, 0) is 26.2 Å². The number of aliphatic hydroxyl groups is 1. The van der Waals surface area contributed by atoms with Gasteiger partial charge in [0.25, 0.3) is 0 Å². The van der Waals surface area contributed by atoms with Crippen molar-refractivity contribution in [3.8, 4) is 0 Å². The summed E-state index contributed by atoms with van der Waals surface area (Å²) in [7, 11) is 0. The van der Waals surface area contributed by atoms with Crippen LogP contribution in [0.5, 0.6) is 0 Å². The van der Waals surface area contributed by atoms with Gasteiger partial charge in [0, 0.05) is 5.57 Å². The Balaban J connectivity index is 3.72. The molecule has 0 amide bonds. The molecule has 0 bridgehead atoms. The van der Waals surface area contributed by atoms with Crippen molar-refractivity contribution < 1.29 is 24.2 Å². The van der Waals surface area contributed by atoms with E-state index in [4.69, 9.17) is 9.47 Å². The van der Waals surface area contributed by atoms with Gasteiger partial charge in [0.05, 0.1) is 18.3 Å². The highest BCUT2D eigenvalue weighted by Gasteiger charge is 2.14. The van der Waals surface area contributed by atoms with Crippen LogP contribution >= 0.6 is 0 Å². The number of carbonyl (C=O) groups excluding carboxylic acids is 2. The fraction of sp³-hybridized carbons (Fsp3) is 0.714. The molecule has 0 aromatic heterocycles. The molecule has 0 aliphatic rings. The maximum atomic E-state index is 11.8. The molecule has 0 aliphatic heterocycles. The van der Waals surface area contributed by atoms with E-state index in [1.54, 1.807) is 6.92 Å². The molecule has 0 spiro atoms. The fourth-order valence-electron chi connectivity index (χ4n) is 2.30. The van der Waals surface area contributed by atoms with Gasteiger partial charge in [-0.3, -0.25) is 0 Å². The summed E-state index contributed by atoms with van der Waals surface area (Å²) in [4.78, 5) is 23.5. The number of ether oxygens (including phenoxy) is 2. The maximum absolute atomic E-state index is 11.8. The lowest BCUT2D eigenvalue weighted by Crippen LogP contribution is -2.16. The molecule has 0 saturated carbocycles. The van der Waals surface area contributed by atoms with E-state index < -0.39 is 18.0 Å². The molecule has 1 N–H and O–H groups in total. The average molecular weight is 369 g/mol. The summed E-state index contributed by atoms with van der Waals surface area (Å²) in [6.45, 7) is 11.2. The average Bonchev–Trinajstić information content (AvgIpc) is 2.62. The molecule has 0 aliphatic carbocycles. The Hall–Kier alpha value is -1.62. The van der Waals surface area contributed by atoms with E-state index in [1.807, 2.05) is 0 Å². The molecule has 26 heavy (non-hydrogen) atoms. The summed E-state index contributed by atoms with van der Waals surface area (Å²) in [5.74, 6) is -1.11. The minimum absolute atomic E-state index is 0.112. The zero-order valence-electron chi connectivity index (χ0n) is 16.6. The quantitative estimate of drug-likeness (QED) is 0.247. The van der Waals surface area contributed by atoms with E-state index in [0.717, 1.165) is 19.3 Å². The minimum atomic E-state index is -0.581. The highest BCUT2D eigenvalue weighted by Crippen LogP contribution is 2.10. The molecule has 0 aromatic carbocycles. The predicted octanol–water partition coefficient (Wildman–Crippen LogP) is 4.49. The Morgan fingerprint density at radius 2 is 1.42 bits per heavy atom. The molecular weight excluding hydrogens is 332 g/mol. The van der Waals surface area contributed by atoms with Crippen LogP contribution in [-0.2, 0) is 19.1 Å². The fourth-order valence-corrected chi connectivity index (χ4v) is 2.30. The van der Waals surface area contributed by atoms with Crippen molar-refractivity contribution in [3.05, 3.63) is 24.3 Å². The van der Waals surface area contributed by atoms with Crippen LogP contribution in [0, 0.1) is 0 Å². The van der Waals surface area contributed by atoms with Gasteiger partial charge in [0.2, 0.25) is 0 Å². The maximum Gasteiger partial charge on any atom is 0.336 e. The predicted molar refractivity (Wildman–Crippen MR) is 104 cm³/mol. The number of unbranched alkanes of at least 4 members (excludes halogenated alkanes) is 7. The molecule has 1 atom stereocenters. The third-order valence-corrected chi connectivity index (χ3v) is 4.05. The van der Waals surface area contributed by atoms with Gasteiger partial charge < -0.3 is 14.6 Å². The van der Waals surface area contributed by atoms with Gasteiger partial charge in [0.15, 0.2) is 0 Å². The molecule has 0 aromatic rings. The SMILES string of the molecule is C=C(CCC(C)O)C(=O)OCC(=C)C(=O)OCCCCCCCCCC. The first-order valence-electron chi connectivity index (χ1n) is 9.76. The Morgan fingerprint density at radius 3 is 2.00 bits per heavy atom. The van der Waals surface area contributed by atoms with Crippen LogP contribution < -0.4 is 0 Å². The van der Waals surface area contributed by atoms with Crippen LogP contribution in [0.15, 0.2) is 24.3 Å². The van der Waals surface area contributed by atoms with E-state index in [2.05, 4.69) is 20.1 Å². The smallest absolute Gasteiger partial charge is 0.336 e. The topological polar surface area (TPSA) is 72.8 Å². The zero-order valence-corrected chi connectivity index (χ0v) is 16.6. The second kappa shape index (κ2) is 15.6. The monoisotopic (exact) mass is 368 g/mol. The second-order valence-corrected chi connectivity index (χ2v) is 6.78. The molecular formula is C21H36O5. The van der Waals surface area contributed by atoms with Crippen LogP contribution in [0.4, 0.5) is 0 Å². The standard InChI is InChI=1S/C21H36O5/c1-5-6-7-8-9-10-11-12-15-25-21(24)18(3)16-26-20(23)17(2)13-14-19(4)22/h19,22H,2-3,5-16H2,1,4H3. The molecule has 0 heterocycles. The first kappa shape index (κ1) is 24.4. The number of hydrogen-bond donors (Lipinski definition) is 1. The lowest BCUT2D eigenvalue weighted by Gasteiger charge is -2.10. The molecule has 0 radical (unpaired) electrons. The van der Waals surface area contributed by atoms with Crippen LogP contribution in [0.2, 0.25) is 0 Å². The number of aliphatic hydroxyl groups excluding tert-OH is 1. The van der Waals surface area contributed by atoms with Crippen LogP contribution in [-0.4, -0.2) is 36.4 Å². The van der Waals surface area contributed by atoms with Crippen LogP contribution in [0.1, 0.15) is 78.1 Å². The van der Waals surface area contributed by atoms with Gasteiger partial charge in [-0.15, -0.1) is 0 Å². The molecule has 5 heteroatoms. The molecule has 0 fully saturated rings. The van der Waals surface area contributed by atoms with Crippen molar-refractivity contribution in [1.29, 1.82) is 0 Å². The molecule has 0 saturated heterocycles. The van der Waals surface area contributed by atoms with E-state index in [0.29, 0.717) is 19.4 Å². The third kappa shape index (κ3) is 13.6. The zero-order chi connectivity index (χ0) is 19.8. The third-order valence-electron chi connectivity index (χ3n) is 4.05. The molecule has 1 unspecified atom stereocenters. The Morgan fingerprint density at radius 1 is 0.885 bits per heavy atom. The number of esters is 2. The van der Waals surface area contributed by atoms with Crippen molar-refractivity contribution >= 4 is 11.9 Å². The van der Waals surface area contributed by atoms with E-state index in [9.17, 15) is 14.7 Å². The lowest BCUT2D eigenvalue weighted by atomic mass is 10.1. The van der Waals surface area contributed by atoms with Gasteiger partial charge in [-0.1, -0.05) is 65.0 Å². The highest BCUT2D eigenvalue weighted by atomic mass is 16.5. The van der Waals surface area contributed by atoms with Crippen molar-refractivity contribution in [1.82, 2.24) is 0 Å². The van der Waals surface area contributed by atoms with Crippen molar-refractivity contribution in [2.24, 2.45) is 0 Å². The van der Waals surface area contributed by atoms with Gasteiger partial charge >= 0.3 is 11.9 Å². The van der Waals surface area contributed by atoms with Gasteiger partial charge in [0.1, 0.15) is 6.61 Å². The molecule has 5 nitrogen and oxygen atoms in total. The van der Waals surface area contributed by atoms with Crippen LogP contribution in [0.3, 0.4) is 0 Å². The number of rotatable bonds is 16. The Kier molecular flexibility index (Phi) is 14.6. The summed E-state index contributed by atoms with van der Waals surface area (Å²) < 4.78 is 10.1. The van der Waals surface area contributed by atoms with Gasteiger partial charge in [-0.2, -0.15) is 0 Å². The summed E-state index contributed by atoms with van der Waals surface area (Å²) >= 11 is 0.